The highest BCUT2D eigenvalue weighted by Gasteiger charge is 2.69. The van der Waals surface area contributed by atoms with E-state index in [1.807, 2.05) is 48.6 Å². The highest BCUT2D eigenvalue weighted by atomic mass is 35.5. The fourth-order valence-electron chi connectivity index (χ4n) is 9.08. The van der Waals surface area contributed by atoms with Crippen molar-refractivity contribution in [1.82, 2.24) is 9.91 Å². The number of fused-ring (bicyclic) bond motifs is 4. The molecule has 2 heterocycles. The number of phenols is 1. The minimum Gasteiger partial charge on any atom is -0.504 e. The molecule has 0 bridgehead atoms. The van der Waals surface area contributed by atoms with Crippen LogP contribution < -0.4 is 14.9 Å². The SMILES string of the molecule is COc1ccc([C@@]23C(=O)N(Nc4ccc(Cl)cc4Cl)C(=O)[C@@H]2C[C@@H]2C(=CC[C@@H]4C(=O)N(Cc5ccccc5)C(=O)[C@@H]42)[C@@H]3C=Cc2ccc(O)c(OC)c2)cc1. The molecule has 4 aromatic carbocycles. The summed E-state index contributed by atoms with van der Waals surface area (Å²) >= 11 is 12.7. The highest BCUT2D eigenvalue weighted by Crippen LogP contribution is 2.61. The second-order valence-corrected chi connectivity index (χ2v) is 15.1. The van der Waals surface area contributed by atoms with Crippen molar-refractivity contribution in [2.24, 2.45) is 29.6 Å². The van der Waals surface area contributed by atoms with E-state index in [9.17, 15) is 19.5 Å². The summed E-state index contributed by atoms with van der Waals surface area (Å²) in [5.74, 6) is -4.25. The highest BCUT2D eigenvalue weighted by molar-refractivity contribution is 6.36. The number of imide groups is 2. The standard InChI is InChI=1S/C43H37Cl2N3O7/c1-54-28-13-10-26(11-14-28)43-32(17-8-24-9-19-36(49)37(20-24)55-2)29-15-16-30-38(41(52)47(39(30)50)23-25-6-4-3-5-7-25)31(29)22-33(43)40(51)48(42(43)53)46-35-18-12-27(44)21-34(35)45/h3-15,17-21,30-33,38,46,49H,16,22-23H2,1-2H3/t30-,31+,32-,33-,38-,43-/m0/s1. The van der Waals surface area contributed by atoms with Crippen LogP contribution in [0.3, 0.4) is 0 Å². The third-order valence-electron chi connectivity index (χ3n) is 11.6. The molecule has 1 saturated carbocycles. The lowest BCUT2D eigenvalue weighted by Gasteiger charge is -2.49. The van der Waals surface area contributed by atoms with Gasteiger partial charge in [-0.15, -0.1) is 0 Å². The number of rotatable bonds is 9. The molecule has 0 unspecified atom stereocenters. The van der Waals surface area contributed by atoms with Crippen molar-refractivity contribution in [2.45, 2.75) is 24.8 Å². The predicted octanol–water partition coefficient (Wildman–Crippen LogP) is 7.45. The van der Waals surface area contributed by atoms with Gasteiger partial charge in [-0.1, -0.05) is 95.5 Å². The summed E-state index contributed by atoms with van der Waals surface area (Å²) in [6, 6.07) is 26.1. The fraction of sp³-hybridized carbons (Fsp3) is 0.256. The zero-order chi connectivity index (χ0) is 38.6. The number of allylic oxidation sites excluding steroid dienone is 3. The Hall–Kier alpha value is -5.58. The van der Waals surface area contributed by atoms with Gasteiger partial charge in [0.05, 0.1) is 54.6 Å². The number of anilines is 1. The molecular weight excluding hydrogens is 741 g/mol. The number of nitrogens with zero attached hydrogens (tertiary/aromatic N) is 2. The summed E-state index contributed by atoms with van der Waals surface area (Å²) in [5.41, 5.74) is 4.73. The first-order chi connectivity index (χ1) is 26.6. The third-order valence-corrected chi connectivity index (χ3v) is 12.1. The zero-order valence-corrected chi connectivity index (χ0v) is 31.5. The molecule has 2 saturated heterocycles. The molecule has 0 spiro atoms. The van der Waals surface area contributed by atoms with E-state index in [-0.39, 0.29) is 41.3 Å². The van der Waals surface area contributed by atoms with Crippen LogP contribution in [-0.2, 0) is 31.1 Å². The van der Waals surface area contributed by atoms with Crippen LogP contribution in [0.5, 0.6) is 17.2 Å². The number of likely N-dealkylation sites (tertiary alicyclic amines) is 1. The Morgan fingerprint density at radius 2 is 1.64 bits per heavy atom. The molecule has 8 rings (SSSR count). The van der Waals surface area contributed by atoms with E-state index in [0.717, 1.165) is 16.1 Å². The first kappa shape index (κ1) is 36.4. The van der Waals surface area contributed by atoms with E-state index in [4.69, 9.17) is 32.7 Å². The van der Waals surface area contributed by atoms with Crippen molar-refractivity contribution < 1.29 is 33.8 Å². The molecule has 4 aliphatic rings. The summed E-state index contributed by atoms with van der Waals surface area (Å²) in [6.45, 7) is 0.149. The number of hydrazine groups is 1. The van der Waals surface area contributed by atoms with Crippen LogP contribution in [0.4, 0.5) is 5.69 Å². The number of hydrogen-bond donors (Lipinski definition) is 2. The van der Waals surface area contributed by atoms with Gasteiger partial charge in [0.25, 0.3) is 11.8 Å². The molecule has 55 heavy (non-hydrogen) atoms. The number of methoxy groups -OCH3 is 2. The third kappa shape index (κ3) is 5.95. The largest absolute Gasteiger partial charge is 0.504 e. The Morgan fingerprint density at radius 3 is 2.35 bits per heavy atom. The molecule has 10 nitrogen and oxygen atoms in total. The molecule has 4 aromatic rings. The molecule has 12 heteroatoms. The monoisotopic (exact) mass is 777 g/mol. The summed E-state index contributed by atoms with van der Waals surface area (Å²) in [7, 11) is 3.01. The molecule has 0 aromatic heterocycles. The molecule has 0 radical (unpaired) electrons. The van der Waals surface area contributed by atoms with E-state index in [1.54, 1.807) is 55.6 Å². The Balaban J connectivity index is 1.29. The number of nitrogens with one attached hydrogen (secondary N) is 1. The Morgan fingerprint density at radius 1 is 0.873 bits per heavy atom. The topological polar surface area (TPSA) is 125 Å². The van der Waals surface area contributed by atoms with Gasteiger partial charge in [-0.05, 0) is 77.9 Å². The van der Waals surface area contributed by atoms with Crippen LogP contribution in [-0.4, -0.2) is 52.9 Å². The quantitative estimate of drug-likeness (QED) is 0.133. The maximum absolute atomic E-state index is 15.3. The Labute approximate surface area is 327 Å². The second kappa shape index (κ2) is 14.2. The number of ether oxygens (including phenoxy) is 2. The molecule has 280 valence electrons. The number of halogens is 2. The van der Waals surface area contributed by atoms with Crippen molar-refractivity contribution >= 4 is 58.6 Å². The second-order valence-electron chi connectivity index (χ2n) is 14.3. The zero-order valence-electron chi connectivity index (χ0n) is 29.9. The van der Waals surface area contributed by atoms with Crippen LogP contribution in [0.15, 0.2) is 109 Å². The number of amides is 4. The number of benzene rings is 4. The van der Waals surface area contributed by atoms with Gasteiger partial charge >= 0.3 is 0 Å². The van der Waals surface area contributed by atoms with Crippen LogP contribution in [0.25, 0.3) is 6.08 Å². The van der Waals surface area contributed by atoms with Crippen molar-refractivity contribution in [3.05, 3.63) is 135 Å². The average molecular weight is 779 g/mol. The van der Waals surface area contributed by atoms with Gasteiger partial charge in [-0.3, -0.25) is 29.5 Å². The van der Waals surface area contributed by atoms with Crippen LogP contribution in [0.1, 0.15) is 29.5 Å². The molecule has 4 amide bonds. The summed E-state index contributed by atoms with van der Waals surface area (Å²) < 4.78 is 10.8. The number of aromatic hydroxyl groups is 1. The van der Waals surface area contributed by atoms with Crippen molar-refractivity contribution in [1.29, 1.82) is 0 Å². The van der Waals surface area contributed by atoms with Gasteiger partial charge in [-0.2, -0.15) is 5.01 Å². The van der Waals surface area contributed by atoms with Gasteiger partial charge in [0.2, 0.25) is 11.8 Å². The molecule has 3 fully saturated rings. The number of carbonyl (C=O) groups excluding carboxylic acids is 4. The van der Waals surface area contributed by atoms with Gasteiger partial charge in [0, 0.05) is 10.9 Å². The lowest BCUT2D eigenvalue weighted by Crippen LogP contribution is -2.54. The van der Waals surface area contributed by atoms with Crippen LogP contribution in [0.2, 0.25) is 10.0 Å². The number of carbonyl (C=O) groups is 4. The lowest BCUT2D eigenvalue weighted by atomic mass is 9.50. The maximum atomic E-state index is 15.3. The van der Waals surface area contributed by atoms with Crippen LogP contribution in [0, 0.1) is 29.6 Å². The molecule has 2 N–H and O–H groups in total. The van der Waals surface area contributed by atoms with E-state index in [0.29, 0.717) is 34.0 Å². The van der Waals surface area contributed by atoms with Crippen molar-refractivity contribution in [3.63, 3.8) is 0 Å². The minimum atomic E-state index is -1.49. The van der Waals surface area contributed by atoms with Crippen molar-refractivity contribution in [3.8, 4) is 17.2 Å². The average Bonchev–Trinajstić information content (AvgIpc) is 3.56. The Kier molecular flexibility index (Phi) is 9.43. The number of phenolic OH excluding ortho intramolecular Hbond substituents is 1. The van der Waals surface area contributed by atoms with Gasteiger partial charge < -0.3 is 14.6 Å². The van der Waals surface area contributed by atoms with Crippen molar-refractivity contribution in [2.75, 3.05) is 19.6 Å². The molecular formula is C43H37Cl2N3O7. The van der Waals surface area contributed by atoms with E-state index < -0.39 is 46.8 Å². The first-order valence-electron chi connectivity index (χ1n) is 18.0. The smallest absolute Gasteiger partial charge is 0.260 e. The normalized spacial score (nSPS) is 25.8. The lowest BCUT2D eigenvalue weighted by molar-refractivity contribution is -0.142. The van der Waals surface area contributed by atoms with Crippen LogP contribution >= 0.6 is 23.2 Å². The van der Waals surface area contributed by atoms with E-state index in [1.165, 1.54) is 24.1 Å². The summed E-state index contributed by atoms with van der Waals surface area (Å²) in [6.07, 6.45) is 6.18. The van der Waals surface area contributed by atoms with E-state index >= 15 is 4.79 Å². The first-order valence-corrected chi connectivity index (χ1v) is 18.7. The Bertz CT molecular complexity index is 2280. The minimum absolute atomic E-state index is 0.0307. The van der Waals surface area contributed by atoms with Gasteiger partial charge in [0.1, 0.15) is 5.75 Å². The molecule has 2 aliphatic carbocycles. The van der Waals surface area contributed by atoms with E-state index in [2.05, 4.69) is 5.43 Å². The number of hydrogen-bond acceptors (Lipinski definition) is 8. The summed E-state index contributed by atoms with van der Waals surface area (Å²) in [4.78, 5) is 60.0. The predicted molar refractivity (Wildman–Crippen MR) is 207 cm³/mol. The molecule has 6 atom stereocenters. The maximum Gasteiger partial charge on any atom is 0.260 e. The van der Waals surface area contributed by atoms with Gasteiger partial charge in [-0.25, -0.2) is 0 Å². The fourth-order valence-corrected chi connectivity index (χ4v) is 9.53. The van der Waals surface area contributed by atoms with Gasteiger partial charge in [0.15, 0.2) is 11.5 Å². The summed E-state index contributed by atoms with van der Waals surface area (Å²) in [5, 5.41) is 12.0. The molecule has 2 aliphatic heterocycles.